The number of rotatable bonds is 4. The van der Waals surface area contributed by atoms with E-state index in [1.54, 1.807) is 23.2 Å². The van der Waals surface area contributed by atoms with E-state index < -0.39 is 0 Å². The maximum absolute atomic E-state index is 12.1. The molecule has 1 aliphatic heterocycles. The summed E-state index contributed by atoms with van der Waals surface area (Å²) in [4.78, 5) is 36.9. The molecule has 1 saturated heterocycles. The van der Waals surface area contributed by atoms with E-state index in [0.717, 1.165) is 0 Å². The van der Waals surface area contributed by atoms with Crippen molar-refractivity contribution in [3.05, 3.63) is 34.7 Å². The van der Waals surface area contributed by atoms with Crippen molar-refractivity contribution >= 4 is 11.9 Å². The second kappa shape index (κ2) is 7.06. The van der Waals surface area contributed by atoms with Gasteiger partial charge in [-0.1, -0.05) is 6.07 Å². The fourth-order valence-corrected chi connectivity index (χ4v) is 2.55. The zero-order chi connectivity index (χ0) is 15.2. The third-order valence-electron chi connectivity index (χ3n) is 3.85. The van der Waals surface area contributed by atoms with Crippen LogP contribution in [0.2, 0.25) is 0 Å². The van der Waals surface area contributed by atoms with Gasteiger partial charge in [0.2, 0.25) is 5.91 Å². The number of piperidine rings is 1. The third-order valence-corrected chi connectivity index (χ3v) is 3.85. The molecule has 21 heavy (non-hydrogen) atoms. The van der Waals surface area contributed by atoms with Crippen molar-refractivity contribution in [2.75, 3.05) is 20.2 Å². The van der Waals surface area contributed by atoms with E-state index in [4.69, 9.17) is 4.74 Å². The average molecular weight is 292 g/mol. The Bertz CT molecular complexity index is 559. The Labute approximate surface area is 123 Å². The van der Waals surface area contributed by atoms with Gasteiger partial charge >= 0.3 is 5.97 Å². The molecule has 0 unspecified atom stereocenters. The Balaban J connectivity index is 1.81. The maximum Gasteiger partial charge on any atom is 0.308 e. The SMILES string of the molecule is COC(=O)C1CCN(C(=O)CCn2ccccc2=O)CC1. The second-order valence-corrected chi connectivity index (χ2v) is 5.16. The number of methoxy groups -OCH3 is 1. The third kappa shape index (κ3) is 3.93. The number of nitrogens with zero attached hydrogens (tertiary/aromatic N) is 2. The van der Waals surface area contributed by atoms with Crippen molar-refractivity contribution in [2.24, 2.45) is 5.92 Å². The lowest BCUT2D eigenvalue weighted by molar-refractivity contribution is -0.148. The normalized spacial score (nSPS) is 15.8. The molecule has 1 aromatic heterocycles. The minimum Gasteiger partial charge on any atom is -0.469 e. The lowest BCUT2D eigenvalue weighted by Gasteiger charge is -2.30. The lowest BCUT2D eigenvalue weighted by atomic mass is 9.97. The number of carbonyl (C=O) groups is 2. The summed E-state index contributed by atoms with van der Waals surface area (Å²) in [5.74, 6) is -0.275. The molecule has 0 bridgehead atoms. The minimum absolute atomic E-state index is 0.0223. The molecule has 0 radical (unpaired) electrons. The van der Waals surface area contributed by atoms with Gasteiger partial charge in [0.25, 0.3) is 5.56 Å². The highest BCUT2D eigenvalue weighted by atomic mass is 16.5. The van der Waals surface area contributed by atoms with Crippen molar-refractivity contribution in [3.63, 3.8) is 0 Å². The highest BCUT2D eigenvalue weighted by Gasteiger charge is 2.27. The Morgan fingerprint density at radius 3 is 2.62 bits per heavy atom. The number of hydrogen-bond donors (Lipinski definition) is 0. The molecule has 0 spiro atoms. The van der Waals surface area contributed by atoms with Crippen LogP contribution in [-0.2, 0) is 20.9 Å². The van der Waals surface area contributed by atoms with Crippen LogP contribution in [0.15, 0.2) is 29.2 Å². The Morgan fingerprint density at radius 2 is 2.00 bits per heavy atom. The monoisotopic (exact) mass is 292 g/mol. The summed E-state index contributed by atoms with van der Waals surface area (Å²) in [6.45, 7) is 1.53. The molecule has 0 aromatic carbocycles. The molecule has 0 N–H and O–H groups in total. The molecule has 0 aliphatic carbocycles. The first kappa shape index (κ1) is 15.3. The molecule has 0 saturated carbocycles. The van der Waals surface area contributed by atoms with Crippen molar-refractivity contribution < 1.29 is 14.3 Å². The number of esters is 1. The molecule has 114 valence electrons. The Morgan fingerprint density at radius 1 is 1.29 bits per heavy atom. The largest absolute Gasteiger partial charge is 0.469 e. The van der Waals surface area contributed by atoms with Gasteiger partial charge in [-0.3, -0.25) is 14.4 Å². The fourth-order valence-electron chi connectivity index (χ4n) is 2.55. The summed E-state index contributed by atoms with van der Waals surface area (Å²) in [5.41, 5.74) is -0.102. The van der Waals surface area contributed by atoms with Crippen LogP contribution in [0.25, 0.3) is 0 Å². The van der Waals surface area contributed by atoms with E-state index in [2.05, 4.69) is 0 Å². The molecular formula is C15H20N2O4. The first-order valence-electron chi connectivity index (χ1n) is 7.13. The van der Waals surface area contributed by atoms with E-state index in [-0.39, 0.29) is 23.4 Å². The quantitative estimate of drug-likeness (QED) is 0.764. The summed E-state index contributed by atoms with van der Waals surface area (Å²) in [6, 6.07) is 4.93. The minimum atomic E-state index is -0.196. The van der Waals surface area contributed by atoms with E-state index in [1.807, 2.05) is 0 Å². The van der Waals surface area contributed by atoms with Crippen molar-refractivity contribution in [3.8, 4) is 0 Å². The molecule has 1 fully saturated rings. The van der Waals surface area contributed by atoms with Crippen LogP contribution in [-0.4, -0.2) is 41.5 Å². The summed E-state index contributed by atoms with van der Waals surface area (Å²) >= 11 is 0. The maximum atomic E-state index is 12.1. The van der Waals surface area contributed by atoms with Gasteiger partial charge in [0, 0.05) is 38.3 Å². The van der Waals surface area contributed by atoms with Crippen molar-refractivity contribution in [1.29, 1.82) is 0 Å². The number of aryl methyl sites for hydroxylation is 1. The van der Waals surface area contributed by atoms with Gasteiger partial charge in [0.05, 0.1) is 13.0 Å². The molecule has 6 heteroatoms. The lowest BCUT2D eigenvalue weighted by Crippen LogP contribution is -2.41. The van der Waals surface area contributed by atoms with Crippen molar-refractivity contribution in [1.82, 2.24) is 9.47 Å². The van der Waals surface area contributed by atoms with Crippen LogP contribution < -0.4 is 5.56 Å². The highest BCUT2D eigenvalue weighted by molar-refractivity contribution is 5.77. The van der Waals surface area contributed by atoms with E-state index >= 15 is 0 Å². The molecule has 1 aromatic rings. The Kier molecular flexibility index (Phi) is 5.14. The van der Waals surface area contributed by atoms with E-state index in [0.29, 0.717) is 38.9 Å². The van der Waals surface area contributed by atoms with Crippen LogP contribution in [0.1, 0.15) is 19.3 Å². The molecule has 0 atom stereocenters. The van der Waals surface area contributed by atoms with Gasteiger partial charge in [-0.05, 0) is 18.9 Å². The summed E-state index contributed by atoms with van der Waals surface area (Å²) in [7, 11) is 1.39. The van der Waals surface area contributed by atoms with E-state index in [9.17, 15) is 14.4 Å². The summed E-state index contributed by atoms with van der Waals surface area (Å²) < 4.78 is 6.25. The number of carbonyl (C=O) groups excluding carboxylic acids is 2. The van der Waals surface area contributed by atoms with Gasteiger partial charge < -0.3 is 14.2 Å². The molecule has 1 amide bonds. The summed E-state index contributed by atoms with van der Waals surface area (Å²) in [6.07, 6.45) is 3.26. The van der Waals surface area contributed by atoms with Gasteiger partial charge in [-0.15, -0.1) is 0 Å². The zero-order valence-corrected chi connectivity index (χ0v) is 12.2. The van der Waals surface area contributed by atoms with Crippen LogP contribution in [0.4, 0.5) is 0 Å². The zero-order valence-electron chi connectivity index (χ0n) is 12.2. The van der Waals surface area contributed by atoms with Gasteiger partial charge in [-0.25, -0.2) is 0 Å². The van der Waals surface area contributed by atoms with Gasteiger partial charge in [0.1, 0.15) is 0 Å². The molecule has 2 heterocycles. The van der Waals surface area contributed by atoms with E-state index in [1.165, 1.54) is 17.7 Å². The van der Waals surface area contributed by atoms with Crippen LogP contribution >= 0.6 is 0 Å². The highest BCUT2D eigenvalue weighted by Crippen LogP contribution is 2.19. The molecule has 1 aliphatic rings. The standard InChI is InChI=1S/C15H20N2O4/c1-21-15(20)12-5-9-17(10-6-12)14(19)7-11-16-8-3-2-4-13(16)18/h2-4,8,12H,5-7,9-11H2,1H3. The number of ether oxygens (including phenoxy) is 1. The number of hydrogen-bond acceptors (Lipinski definition) is 4. The Hall–Kier alpha value is -2.11. The predicted molar refractivity (Wildman–Crippen MR) is 76.6 cm³/mol. The smallest absolute Gasteiger partial charge is 0.308 e. The number of amides is 1. The first-order chi connectivity index (χ1) is 10.1. The van der Waals surface area contributed by atoms with Crippen LogP contribution in [0.3, 0.4) is 0 Å². The van der Waals surface area contributed by atoms with Crippen LogP contribution in [0.5, 0.6) is 0 Å². The fraction of sp³-hybridized carbons (Fsp3) is 0.533. The van der Waals surface area contributed by atoms with Crippen LogP contribution in [0, 0.1) is 5.92 Å². The first-order valence-corrected chi connectivity index (χ1v) is 7.13. The topological polar surface area (TPSA) is 68.6 Å². The number of pyridine rings is 1. The van der Waals surface area contributed by atoms with Crippen molar-refractivity contribution in [2.45, 2.75) is 25.8 Å². The average Bonchev–Trinajstić information content (AvgIpc) is 2.53. The molecule has 2 rings (SSSR count). The number of likely N-dealkylation sites (tertiary alicyclic amines) is 1. The predicted octanol–water partition coefficient (Wildman–Crippen LogP) is 0.650. The summed E-state index contributed by atoms with van der Waals surface area (Å²) in [5, 5.41) is 0. The van der Waals surface area contributed by atoms with Gasteiger partial charge in [0.15, 0.2) is 0 Å². The molecular weight excluding hydrogens is 272 g/mol. The second-order valence-electron chi connectivity index (χ2n) is 5.16. The van der Waals surface area contributed by atoms with Gasteiger partial charge in [-0.2, -0.15) is 0 Å². The molecule has 6 nitrogen and oxygen atoms in total. The number of aromatic nitrogens is 1.